The first-order valence-electron chi connectivity index (χ1n) is 8.17. The molecule has 2 bridgehead atoms. The van der Waals surface area contributed by atoms with Gasteiger partial charge in [-0.25, -0.2) is 5.06 Å². The molecule has 3 aliphatic rings. The van der Waals surface area contributed by atoms with Crippen molar-refractivity contribution in [3.63, 3.8) is 0 Å². The Bertz CT molecular complexity index is 806. The minimum atomic E-state index is -0.113. The van der Waals surface area contributed by atoms with E-state index in [9.17, 15) is 4.79 Å². The number of nitrogens with zero attached hydrogens (tertiary/aromatic N) is 2. The topological polar surface area (TPSA) is 51.1 Å². The molecule has 1 amide bonds. The third kappa shape index (κ3) is 1.91. The van der Waals surface area contributed by atoms with E-state index in [0.717, 1.165) is 17.7 Å². The molecule has 2 aliphatic heterocycles. The van der Waals surface area contributed by atoms with Crippen LogP contribution < -0.4 is 0 Å². The van der Waals surface area contributed by atoms with Crippen LogP contribution in [0.4, 0.5) is 0 Å². The lowest BCUT2D eigenvalue weighted by Gasteiger charge is -2.32. The lowest BCUT2D eigenvalue weighted by atomic mass is 9.90. The average molecular weight is 320 g/mol. The van der Waals surface area contributed by atoms with Gasteiger partial charge in [-0.2, -0.15) is 0 Å². The zero-order valence-corrected chi connectivity index (χ0v) is 12.9. The fourth-order valence-electron chi connectivity index (χ4n) is 3.95. The lowest BCUT2D eigenvalue weighted by molar-refractivity contribution is -0.196. The van der Waals surface area contributed by atoms with Crippen molar-refractivity contribution in [1.82, 2.24) is 5.06 Å². The van der Waals surface area contributed by atoms with Gasteiger partial charge >= 0.3 is 0 Å². The monoisotopic (exact) mass is 320 g/mol. The van der Waals surface area contributed by atoms with Crippen molar-refractivity contribution in [2.24, 2.45) is 11.1 Å². The van der Waals surface area contributed by atoms with Gasteiger partial charge in [-0.05, 0) is 17.7 Å². The molecular weight excluding hydrogens is 304 g/mol. The van der Waals surface area contributed by atoms with Gasteiger partial charge < -0.3 is 4.84 Å². The average Bonchev–Trinajstić information content (AvgIpc) is 3.34. The Balaban J connectivity index is 1.46. The number of fused-ring (bicyclic) bond motifs is 5. The fourth-order valence-corrected chi connectivity index (χ4v) is 3.95. The quantitative estimate of drug-likeness (QED) is 0.855. The number of hydroxylamine groups is 2. The fraction of sp³-hybridized carbons (Fsp3) is 0.263. The largest absolute Gasteiger partial charge is 0.389 e. The van der Waals surface area contributed by atoms with E-state index in [4.69, 9.17) is 9.68 Å². The number of benzene rings is 2. The first kappa shape index (κ1) is 13.7. The van der Waals surface area contributed by atoms with Crippen LogP contribution in [-0.4, -0.2) is 34.9 Å². The highest BCUT2D eigenvalue weighted by atomic mass is 16.7. The molecule has 0 unspecified atom stereocenters. The number of hydrogen-bond acceptors (Lipinski definition) is 4. The lowest BCUT2D eigenvalue weighted by Crippen LogP contribution is -2.48. The minimum absolute atomic E-state index is 0.0332. The van der Waals surface area contributed by atoms with E-state index < -0.39 is 0 Å². The molecule has 5 rings (SSSR count). The summed E-state index contributed by atoms with van der Waals surface area (Å²) >= 11 is 0. The third-order valence-electron chi connectivity index (χ3n) is 5.04. The van der Waals surface area contributed by atoms with E-state index in [1.165, 1.54) is 5.06 Å². The van der Waals surface area contributed by atoms with Gasteiger partial charge in [0.05, 0.1) is 17.7 Å². The molecular formula is C19H16N2O3. The standard InChI is InChI=1S/C19H16N2O3/c22-19(13-9-5-2-6-10-13)21-14-11-15(24-21)18-16(14)17(20-23-18)12-7-3-1-4-8-12/h1-10,14-16,18H,11H2/t14-,15+,16-,18-/m1/s1. The normalized spacial score (nSPS) is 30.0. The highest BCUT2D eigenvalue weighted by Crippen LogP contribution is 2.46. The first-order chi connectivity index (χ1) is 11.8. The van der Waals surface area contributed by atoms with E-state index >= 15 is 0 Å². The second-order valence-corrected chi connectivity index (χ2v) is 6.38. The molecule has 120 valence electrons. The van der Waals surface area contributed by atoms with Crippen LogP contribution in [0.25, 0.3) is 0 Å². The molecule has 0 N–H and O–H groups in total. The molecule has 2 aromatic rings. The van der Waals surface area contributed by atoms with Crippen LogP contribution in [0, 0.1) is 5.92 Å². The zero-order chi connectivity index (χ0) is 16.1. The van der Waals surface area contributed by atoms with E-state index in [0.29, 0.717) is 5.56 Å². The number of carbonyl (C=O) groups is 1. The van der Waals surface area contributed by atoms with Crippen molar-refractivity contribution in [2.45, 2.75) is 24.7 Å². The van der Waals surface area contributed by atoms with Gasteiger partial charge in [0.2, 0.25) is 0 Å². The Morgan fingerprint density at radius 1 is 1.04 bits per heavy atom. The second kappa shape index (κ2) is 5.18. The number of oxime groups is 1. The maximum Gasteiger partial charge on any atom is 0.277 e. The van der Waals surface area contributed by atoms with Crippen molar-refractivity contribution >= 4 is 11.6 Å². The molecule has 5 heteroatoms. The number of amides is 1. The Kier molecular flexibility index (Phi) is 2.97. The smallest absolute Gasteiger partial charge is 0.277 e. The van der Waals surface area contributed by atoms with Crippen LogP contribution in [0.2, 0.25) is 0 Å². The molecule has 5 nitrogen and oxygen atoms in total. The van der Waals surface area contributed by atoms with Crippen LogP contribution in [-0.2, 0) is 9.68 Å². The Hall–Kier alpha value is -2.66. The Morgan fingerprint density at radius 2 is 1.75 bits per heavy atom. The predicted octanol–water partition coefficient (Wildman–Crippen LogP) is 2.63. The highest BCUT2D eigenvalue weighted by Gasteiger charge is 2.61. The molecule has 2 heterocycles. The Labute approximate surface area is 139 Å². The first-order valence-corrected chi connectivity index (χ1v) is 8.17. The summed E-state index contributed by atoms with van der Waals surface area (Å²) in [5.41, 5.74) is 2.60. The Morgan fingerprint density at radius 3 is 2.50 bits per heavy atom. The number of carbonyl (C=O) groups excluding carboxylic acids is 1. The highest BCUT2D eigenvalue weighted by molar-refractivity contribution is 6.04. The summed E-state index contributed by atoms with van der Waals surface area (Å²) in [7, 11) is 0. The van der Waals surface area contributed by atoms with Crippen molar-refractivity contribution in [3.8, 4) is 0 Å². The molecule has 4 atom stereocenters. The summed E-state index contributed by atoms with van der Waals surface area (Å²) in [5.74, 6) is -0.0281. The molecule has 0 radical (unpaired) electrons. The SMILES string of the molecule is O=C(c1ccccc1)N1O[C@H]2C[C@@H]1[C@@H]1C(c3ccccc3)=NO[C@@H]12. The van der Waals surface area contributed by atoms with Gasteiger partial charge in [0.25, 0.3) is 5.91 Å². The summed E-state index contributed by atoms with van der Waals surface area (Å²) in [6.07, 6.45) is 0.586. The van der Waals surface area contributed by atoms with Crippen LogP contribution >= 0.6 is 0 Å². The van der Waals surface area contributed by atoms with Crippen LogP contribution in [0.5, 0.6) is 0 Å². The zero-order valence-electron chi connectivity index (χ0n) is 12.9. The summed E-state index contributed by atoms with van der Waals surface area (Å²) < 4.78 is 0. The van der Waals surface area contributed by atoms with Crippen LogP contribution in [0.1, 0.15) is 22.3 Å². The maximum absolute atomic E-state index is 12.8. The van der Waals surface area contributed by atoms with E-state index in [1.807, 2.05) is 60.7 Å². The second-order valence-electron chi connectivity index (χ2n) is 6.38. The maximum atomic E-state index is 12.8. The van der Waals surface area contributed by atoms with Gasteiger partial charge in [-0.1, -0.05) is 53.7 Å². The third-order valence-corrected chi connectivity index (χ3v) is 5.04. The van der Waals surface area contributed by atoms with Gasteiger partial charge in [-0.15, -0.1) is 0 Å². The molecule has 1 aliphatic carbocycles. The molecule has 1 saturated carbocycles. The molecule has 1 saturated heterocycles. The van der Waals surface area contributed by atoms with Gasteiger partial charge in [0, 0.05) is 12.0 Å². The number of rotatable bonds is 2. The summed E-state index contributed by atoms with van der Waals surface area (Å²) in [5, 5.41) is 5.83. The van der Waals surface area contributed by atoms with Crippen molar-refractivity contribution in [1.29, 1.82) is 0 Å². The van der Waals surface area contributed by atoms with E-state index in [-0.39, 0.29) is 30.1 Å². The minimum Gasteiger partial charge on any atom is -0.389 e. The number of hydrogen-bond donors (Lipinski definition) is 0. The van der Waals surface area contributed by atoms with Crippen molar-refractivity contribution in [3.05, 3.63) is 71.8 Å². The summed E-state index contributed by atoms with van der Waals surface area (Å²) in [4.78, 5) is 24.3. The predicted molar refractivity (Wildman–Crippen MR) is 87.2 cm³/mol. The van der Waals surface area contributed by atoms with Crippen LogP contribution in [0.15, 0.2) is 65.8 Å². The summed E-state index contributed by atoms with van der Waals surface area (Å²) in [6, 6.07) is 19.2. The van der Waals surface area contributed by atoms with E-state index in [1.54, 1.807) is 0 Å². The summed E-state index contributed by atoms with van der Waals surface area (Å²) in [6.45, 7) is 0. The molecule has 0 spiro atoms. The van der Waals surface area contributed by atoms with Crippen molar-refractivity contribution in [2.75, 3.05) is 0 Å². The van der Waals surface area contributed by atoms with Crippen LogP contribution in [0.3, 0.4) is 0 Å². The molecule has 24 heavy (non-hydrogen) atoms. The van der Waals surface area contributed by atoms with Crippen molar-refractivity contribution < 1.29 is 14.5 Å². The molecule has 2 fully saturated rings. The molecule has 0 aromatic heterocycles. The molecule has 2 aromatic carbocycles. The van der Waals surface area contributed by atoms with E-state index in [2.05, 4.69) is 5.16 Å². The van der Waals surface area contributed by atoms with Gasteiger partial charge in [0.1, 0.15) is 6.10 Å². The van der Waals surface area contributed by atoms with Gasteiger partial charge in [-0.3, -0.25) is 9.63 Å². The van der Waals surface area contributed by atoms with Gasteiger partial charge in [0.15, 0.2) is 6.10 Å².